The third kappa shape index (κ3) is 1.72. The van der Waals surface area contributed by atoms with E-state index in [9.17, 15) is 0 Å². The summed E-state index contributed by atoms with van der Waals surface area (Å²) in [5.41, 5.74) is 2.19. The largest absolute Gasteiger partial charge is 0.392 e. The van der Waals surface area contributed by atoms with E-state index in [1.807, 2.05) is 18.2 Å². The topological polar surface area (TPSA) is 20.2 Å². The Balaban J connectivity index is 2.68. The molecule has 0 aliphatic heterocycles. The molecule has 0 saturated carbocycles. The number of fused-ring (bicyclic) bond motifs is 1. The van der Waals surface area contributed by atoms with Crippen molar-refractivity contribution in [2.24, 2.45) is 0 Å². The van der Waals surface area contributed by atoms with Crippen LogP contribution in [-0.2, 0) is 11.9 Å². The maximum atomic E-state index is 9.01. The first kappa shape index (κ1) is 10.5. The minimum atomic E-state index is 0.0966. The van der Waals surface area contributed by atoms with Gasteiger partial charge in [-0.3, -0.25) is 0 Å². The van der Waals surface area contributed by atoms with Crippen LogP contribution in [0.3, 0.4) is 0 Å². The quantitative estimate of drug-likeness (QED) is 0.639. The summed E-state index contributed by atoms with van der Waals surface area (Å²) >= 11 is 9.53. The van der Waals surface area contributed by atoms with E-state index in [4.69, 9.17) is 5.11 Å². The maximum absolute atomic E-state index is 9.01. The summed E-state index contributed by atoms with van der Waals surface area (Å²) in [4.78, 5) is 0. The van der Waals surface area contributed by atoms with E-state index in [1.54, 1.807) is 11.3 Å². The lowest BCUT2D eigenvalue weighted by Crippen LogP contribution is -1.81. The molecule has 0 saturated heterocycles. The number of thiol groups is 1. The summed E-state index contributed by atoms with van der Waals surface area (Å²) in [6, 6.07) is 6.02. The van der Waals surface area contributed by atoms with Crippen LogP contribution in [0, 0.1) is 0 Å². The van der Waals surface area contributed by atoms with E-state index < -0.39 is 0 Å². The summed E-state index contributed by atoms with van der Waals surface area (Å²) in [5.74, 6) is 0. The highest BCUT2D eigenvalue weighted by atomic mass is 79.9. The molecule has 1 heterocycles. The third-order valence-electron chi connectivity index (χ3n) is 2.15. The van der Waals surface area contributed by atoms with Crippen molar-refractivity contribution >= 4 is 50.0 Å². The fourth-order valence-corrected chi connectivity index (χ4v) is 3.91. The zero-order valence-corrected chi connectivity index (χ0v) is 10.6. The normalized spacial score (nSPS) is 11.1. The fourth-order valence-electron chi connectivity index (χ4n) is 1.41. The Morgan fingerprint density at radius 1 is 1.43 bits per heavy atom. The Labute approximate surface area is 100 Å². The number of alkyl halides is 1. The summed E-state index contributed by atoms with van der Waals surface area (Å²) in [5, 5.41) is 11.1. The number of hydrogen-bond acceptors (Lipinski definition) is 3. The van der Waals surface area contributed by atoms with Gasteiger partial charge in [-0.05, 0) is 22.6 Å². The van der Waals surface area contributed by atoms with Crippen molar-refractivity contribution in [2.45, 2.75) is 16.1 Å². The molecule has 2 rings (SSSR count). The van der Waals surface area contributed by atoms with Gasteiger partial charge in [-0.15, -0.1) is 24.0 Å². The molecule has 74 valence electrons. The lowest BCUT2D eigenvalue weighted by atomic mass is 10.1. The van der Waals surface area contributed by atoms with Crippen LogP contribution >= 0.6 is 39.9 Å². The van der Waals surface area contributed by atoms with Gasteiger partial charge in [0, 0.05) is 10.0 Å². The van der Waals surface area contributed by atoms with E-state index in [1.165, 1.54) is 15.6 Å². The molecule has 0 atom stereocenters. The molecule has 0 amide bonds. The molecule has 0 aliphatic carbocycles. The molecule has 1 nitrogen and oxygen atoms in total. The van der Waals surface area contributed by atoms with E-state index >= 15 is 0 Å². The average Bonchev–Trinajstić information content (AvgIpc) is 2.51. The molecule has 0 radical (unpaired) electrons. The lowest BCUT2D eigenvalue weighted by Gasteiger charge is -1.97. The highest BCUT2D eigenvalue weighted by molar-refractivity contribution is 9.08. The summed E-state index contributed by atoms with van der Waals surface area (Å²) in [6.07, 6.45) is 0. The first-order valence-corrected chi connectivity index (χ1v) is 6.55. The fraction of sp³-hybridized carbons (Fsp3) is 0.200. The Morgan fingerprint density at radius 3 is 2.86 bits per heavy atom. The van der Waals surface area contributed by atoms with Crippen LogP contribution in [0.5, 0.6) is 0 Å². The Hall–Kier alpha value is -0.0300. The molecule has 2 aromatic rings. The molecular weight excluding hydrogens is 280 g/mol. The van der Waals surface area contributed by atoms with Gasteiger partial charge >= 0.3 is 0 Å². The van der Waals surface area contributed by atoms with Crippen molar-refractivity contribution in [3.63, 3.8) is 0 Å². The molecular formula is C10H9BrOS2. The van der Waals surface area contributed by atoms with Crippen molar-refractivity contribution < 1.29 is 5.11 Å². The van der Waals surface area contributed by atoms with E-state index in [0.717, 1.165) is 15.1 Å². The van der Waals surface area contributed by atoms with Crippen LogP contribution in [0.1, 0.15) is 11.1 Å². The van der Waals surface area contributed by atoms with Gasteiger partial charge in [-0.2, -0.15) is 0 Å². The number of benzene rings is 1. The first-order chi connectivity index (χ1) is 6.76. The van der Waals surface area contributed by atoms with Gasteiger partial charge in [0.05, 0.1) is 10.8 Å². The van der Waals surface area contributed by atoms with Gasteiger partial charge in [0.2, 0.25) is 0 Å². The summed E-state index contributed by atoms with van der Waals surface area (Å²) in [6.45, 7) is 0.0966. The first-order valence-electron chi connectivity index (χ1n) is 4.16. The van der Waals surface area contributed by atoms with Gasteiger partial charge in [0.25, 0.3) is 0 Å². The smallest absolute Gasteiger partial charge is 0.0682 e. The van der Waals surface area contributed by atoms with Crippen molar-refractivity contribution in [2.75, 3.05) is 0 Å². The number of aliphatic hydroxyl groups excluding tert-OH is 1. The highest BCUT2D eigenvalue weighted by Gasteiger charge is 2.08. The summed E-state index contributed by atoms with van der Waals surface area (Å²) < 4.78 is 2.24. The van der Waals surface area contributed by atoms with Crippen molar-refractivity contribution in [1.29, 1.82) is 0 Å². The zero-order valence-electron chi connectivity index (χ0n) is 7.33. The van der Waals surface area contributed by atoms with E-state index in [0.29, 0.717) is 0 Å². The van der Waals surface area contributed by atoms with Crippen LogP contribution < -0.4 is 0 Å². The third-order valence-corrected chi connectivity index (χ3v) is 4.25. The van der Waals surface area contributed by atoms with E-state index in [2.05, 4.69) is 28.6 Å². The molecule has 0 aliphatic rings. The minimum absolute atomic E-state index is 0.0966. The molecule has 0 spiro atoms. The summed E-state index contributed by atoms with van der Waals surface area (Å²) in [7, 11) is 0. The lowest BCUT2D eigenvalue weighted by molar-refractivity contribution is 0.282. The van der Waals surface area contributed by atoms with Crippen LogP contribution in [0.4, 0.5) is 0 Å². The molecule has 1 aromatic carbocycles. The predicted molar refractivity (Wildman–Crippen MR) is 67.6 cm³/mol. The molecule has 4 heteroatoms. The SMILES string of the molecule is OCc1ccc2c(CBr)c(S)sc2c1. The van der Waals surface area contributed by atoms with E-state index in [-0.39, 0.29) is 6.61 Å². The Kier molecular flexibility index (Phi) is 3.17. The number of hydrogen-bond donors (Lipinski definition) is 2. The number of thiophene rings is 1. The van der Waals surface area contributed by atoms with Gasteiger partial charge < -0.3 is 5.11 Å². The second-order valence-electron chi connectivity index (χ2n) is 3.01. The minimum Gasteiger partial charge on any atom is -0.392 e. The number of aliphatic hydroxyl groups is 1. The molecule has 0 fully saturated rings. The number of rotatable bonds is 2. The monoisotopic (exact) mass is 288 g/mol. The molecule has 0 unspecified atom stereocenters. The van der Waals surface area contributed by atoms with Gasteiger partial charge in [0.1, 0.15) is 0 Å². The molecule has 1 aromatic heterocycles. The van der Waals surface area contributed by atoms with Gasteiger partial charge in [-0.1, -0.05) is 28.1 Å². The molecule has 0 bridgehead atoms. The zero-order chi connectivity index (χ0) is 10.1. The Morgan fingerprint density at radius 2 is 2.21 bits per heavy atom. The number of halogens is 1. The molecule has 1 N–H and O–H groups in total. The second kappa shape index (κ2) is 4.23. The van der Waals surface area contributed by atoms with Crippen LogP contribution in [0.2, 0.25) is 0 Å². The van der Waals surface area contributed by atoms with Gasteiger partial charge in [-0.25, -0.2) is 0 Å². The predicted octanol–water partition coefficient (Wildman–Crippen LogP) is 3.58. The Bertz CT molecular complexity index is 464. The highest BCUT2D eigenvalue weighted by Crippen LogP contribution is 2.35. The molecule has 14 heavy (non-hydrogen) atoms. The van der Waals surface area contributed by atoms with Crippen LogP contribution in [0.15, 0.2) is 22.4 Å². The maximum Gasteiger partial charge on any atom is 0.0682 e. The van der Waals surface area contributed by atoms with Crippen LogP contribution in [-0.4, -0.2) is 5.11 Å². The average molecular weight is 289 g/mol. The second-order valence-corrected chi connectivity index (χ2v) is 5.37. The van der Waals surface area contributed by atoms with Crippen LogP contribution in [0.25, 0.3) is 10.1 Å². The van der Waals surface area contributed by atoms with Crippen molar-refractivity contribution in [1.82, 2.24) is 0 Å². The van der Waals surface area contributed by atoms with Gasteiger partial charge in [0.15, 0.2) is 0 Å². The van der Waals surface area contributed by atoms with Crippen molar-refractivity contribution in [3.8, 4) is 0 Å². The standard InChI is InChI=1S/C10H9BrOS2/c11-4-8-7-2-1-6(5-12)3-9(7)14-10(8)13/h1-3,12-13H,4-5H2. The van der Waals surface area contributed by atoms with Crippen molar-refractivity contribution in [3.05, 3.63) is 29.3 Å².